The van der Waals surface area contributed by atoms with Crippen LogP contribution in [0.25, 0.3) is 44.4 Å². The molecule has 0 unspecified atom stereocenters. The van der Waals surface area contributed by atoms with Crippen molar-refractivity contribution in [1.29, 1.82) is 0 Å². The quantitative estimate of drug-likeness (QED) is 0.171. The molecule has 7 rings (SSSR count). The van der Waals surface area contributed by atoms with E-state index in [1.807, 2.05) is 53.3 Å². The number of para-hydroxylation sites is 1. The number of nitrogens with zero attached hydrogens (tertiary/aromatic N) is 4. The summed E-state index contributed by atoms with van der Waals surface area (Å²) < 4.78 is 16.0. The molecule has 0 radical (unpaired) electrons. The van der Waals surface area contributed by atoms with Crippen molar-refractivity contribution in [1.82, 2.24) is 19.3 Å². The molecule has 0 aliphatic heterocycles. The number of ether oxygens (including phenoxy) is 2. The van der Waals surface area contributed by atoms with Crippen molar-refractivity contribution in [3.05, 3.63) is 127 Å². The van der Waals surface area contributed by atoms with Crippen LogP contribution in [0.4, 0.5) is 0 Å². The zero-order valence-electron chi connectivity index (χ0n) is 25.2. The molecule has 218 valence electrons. The summed E-state index contributed by atoms with van der Waals surface area (Å²) in [5.74, 6) is 3.02. The first kappa shape index (κ1) is 27.5. The van der Waals surface area contributed by atoms with E-state index < -0.39 is 0 Å². The highest BCUT2D eigenvalue weighted by atomic mass is 16.5. The van der Waals surface area contributed by atoms with Crippen LogP contribution in [0.3, 0.4) is 0 Å². The van der Waals surface area contributed by atoms with Gasteiger partial charge in [-0.3, -0.25) is 4.57 Å². The van der Waals surface area contributed by atoms with Crippen LogP contribution in [0, 0.1) is 6.92 Å². The maximum absolute atomic E-state index is 6.45. The topological polar surface area (TPSA) is 54.1 Å². The number of aromatic nitrogens is 4. The summed E-state index contributed by atoms with van der Waals surface area (Å²) in [4.78, 5) is 4.67. The summed E-state index contributed by atoms with van der Waals surface area (Å²) in [7, 11) is 1.67. The van der Waals surface area contributed by atoms with Crippen molar-refractivity contribution in [2.24, 2.45) is 0 Å². The van der Waals surface area contributed by atoms with Gasteiger partial charge in [0.2, 0.25) is 0 Å². The second kappa shape index (κ2) is 11.7. The molecule has 0 fully saturated rings. The third kappa shape index (κ3) is 5.09. The van der Waals surface area contributed by atoms with Gasteiger partial charge in [0.1, 0.15) is 23.1 Å². The van der Waals surface area contributed by atoms with E-state index in [4.69, 9.17) is 14.6 Å². The molecule has 0 amide bonds. The van der Waals surface area contributed by atoms with E-state index in [-0.39, 0.29) is 0 Å². The highest BCUT2D eigenvalue weighted by Crippen LogP contribution is 2.36. The van der Waals surface area contributed by atoms with Crippen LogP contribution in [0.15, 0.2) is 116 Å². The fraction of sp³-hybridized carbons (Fsp3) is 0.158. The zero-order chi connectivity index (χ0) is 30.0. The molecule has 0 saturated carbocycles. The van der Waals surface area contributed by atoms with Crippen LogP contribution in [0.5, 0.6) is 17.2 Å². The Kier molecular flexibility index (Phi) is 7.32. The summed E-state index contributed by atoms with van der Waals surface area (Å²) in [5.41, 5.74) is 8.08. The van der Waals surface area contributed by atoms with Crippen LogP contribution in [0.2, 0.25) is 0 Å². The standard InChI is InChI=1S/C38H34N4O2/c1-4-5-11-27-12-8-10-26(2)38(27)28-24-40-41(25-28)29-13-9-14-31(21-29)44-32-17-18-34-33-15-6-7-16-35(33)42(36(34)22-32)37-23-30(43-3)19-20-39-37/h6-10,12-25H,4-5,11H2,1-3H3. The molecule has 7 aromatic rings. The predicted molar refractivity (Wildman–Crippen MR) is 178 cm³/mol. The lowest BCUT2D eigenvalue weighted by atomic mass is 9.94. The number of aryl methyl sites for hydroxylation is 2. The van der Waals surface area contributed by atoms with Crippen molar-refractivity contribution in [2.45, 2.75) is 33.1 Å². The number of fused-ring (bicyclic) bond motifs is 3. The van der Waals surface area contributed by atoms with Crippen LogP contribution < -0.4 is 9.47 Å². The van der Waals surface area contributed by atoms with Gasteiger partial charge in [0.25, 0.3) is 0 Å². The van der Waals surface area contributed by atoms with E-state index in [1.165, 1.54) is 29.5 Å². The highest BCUT2D eigenvalue weighted by Gasteiger charge is 2.15. The molecule has 0 saturated heterocycles. The van der Waals surface area contributed by atoms with Crippen LogP contribution in [0.1, 0.15) is 30.9 Å². The molecular weight excluding hydrogens is 544 g/mol. The van der Waals surface area contributed by atoms with Gasteiger partial charge in [-0.05, 0) is 72.9 Å². The molecule has 3 aromatic heterocycles. The average Bonchev–Trinajstić information content (AvgIpc) is 3.67. The van der Waals surface area contributed by atoms with Gasteiger partial charge in [0.15, 0.2) is 0 Å². The van der Waals surface area contributed by atoms with E-state index >= 15 is 0 Å². The molecule has 0 aliphatic carbocycles. The molecule has 6 nitrogen and oxygen atoms in total. The predicted octanol–water partition coefficient (Wildman–Crippen LogP) is 9.48. The molecule has 0 atom stereocenters. The van der Waals surface area contributed by atoms with E-state index in [9.17, 15) is 0 Å². The summed E-state index contributed by atoms with van der Waals surface area (Å²) in [6.07, 6.45) is 9.26. The Hall–Kier alpha value is -5.36. The molecule has 0 aliphatic rings. The molecule has 6 heteroatoms. The Balaban J connectivity index is 1.23. The first-order chi connectivity index (χ1) is 21.6. The van der Waals surface area contributed by atoms with Gasteiger partial charge in [-0.2, -0.15) is 5.10 Å². The normalized spacial score (nSPS) is 11.3. The van der Waals surface area contributed by atoms with Crippen LogP contribution >= 0.6 is 0 Å². The number of benzene rings is 4. The largest absolute Gasteiger partial charge is 0.497 e. The minimum absolute atomic E-state index is 0.737. The van der Waals surface area contributed by atoms with E-state index in [0.29, 0.717) is 0 Å². The van der Waals surface area contributed by atoms with Crippen molar-refractivity contribution in [3.63, 3.8) is 0 Å². The summed E-state index contributed by atoms with van der Waals surface area (Å²) >= 11 is 0. The second-order valence-electron chi connectivity index (χ2n) is 11.1. The number of hydrogen-bond acceptors (Lipinski definition) is 4. The first-order valence-corrected chi connectivity index (χ1v) is 15.1. The van der Waals surface area contributed by atoms with Crippen LogP contribution in [-0.2, 0) is 6.42 Å². The Morgan fingerprint density at radius 3 is 2.50 bits per heavy atom. The maximum Gasteiger partial charge on any atom is 0.141 e. The SMILES string of the molecule is CCCCc1cccc(C)c1-c1cnn(-c2cccc(Oc3ccc4c5ccccc5n(-c5cc(OC)ccn5)c4c3)c2)c1. The molecule has 4 aromatic carbocycles. The summed E-state index contributed by atoms with van der Waals surface area (Å²) in [6, 6.07) is 33.0. The van der Waals surface area contributed by atoms with E-state index in [2.05, 4.69) is 84.2 Å². The lowest BCUT2D eigenvalue weighted by molar-refractivity contribution is 0.414. The van der Waals surface area contributed by atoms with Gasteiger partial charge in [-0.1, -0.05) is 55.8 Å². The summed E-state index contributed by atoms with van der Waals surface area (Å²) in [5, 5.41) is 7.02. The lowest BCUT2D eigenvalue weighted by Crippen LogP contribution is -1.98. The van der Waals surface area contributed by atoms with Gasteiger partial charge in [-0.15, -0.1) is 0 Å². The minimum Gasteiger partial charge on any atom is -0.497 e. The van der Waals surface area contributed by atoms with Crippen LogP contribution in [-0.4, -0.2) is 26.4 Å². The number of methoxy groups -OCH3 is 1. The number of hydrogen-bond donors (Lipinski definition) is 0. The Labute approximate surface area is 257 Å². The van der Waals surface area contributed by atoms with Crippen molar-refractivity contribution < 1.29 is 9.47 Å². The molecular formula is C38H34N4O2. The van der Waals surface area contributed by atoms with E-state index in [0.717, 1.165) is 62.5 Å². The molecule has 44 heavy (non-hydrogen) atoms. The number of unbranched alkanes of at least 4 members (excludes halogenated alkanes) is 1. The van der Waals surface area contributed by atoms with Crippen molar-refractivity contribution >= 4 is 21.8 Å². The summed E-state index contributed by atoms with van der Waals surface area (Å²) in [6.45, 7) is 4.41. The smallest absolute Gasteiger partial charge is 0.141 e. The average molecular weight is 579 g/mol. The first-order valence-electron chi connectivity index (χ1n) is 15.1. The number of rotatable bonds is 9. The van der Waals surface area contributed by atoms with Crippen molar-refractivity contribution in [3.8, 4) is 39.9 Å². The molecule has 3 heterocycles. The highest BCUT2D eigenvalue weighted by molar-refractivity contribution is 6.09. The Morgan fingerprint density at radius 1 is 0.773 bits per heavy atom. The fourth-order valence-electron chi connectivity index (χ4n) is 6.05. The maximum atomic E-state index is 6.45. The third-order valence-electron chi connectivity index (χ3n) is 8.17. The monoisotopic (exact) mass is 578 g/mol. The van der Waals surface area contributed by atoms with Gasteiger partial charge >= 0.3 is 0 Å². The van der Waals surface area contributed by atoms with Gasteiger partial charge in [0, 0.05) is 46.9 Å². The van der Waals surface area contributed by atoms with Gasteiger partial charge in [0.05, 0.1) is 30.0 Å². The Morgan fingerprint density at radius 2 is 1.61 bits per heavy atom. The Bertz CT molecular complexity index is 2110. The minimum atomic E-state index is 0.737. The second-order valence-corrected chi connectivity index (χ2v) is 11.1. The molecule has 0 bridgehead atoms. The third-order valence-corrected chi connectivity index (χ3v) is 8.17. The zero-order valence-corrected chi connectivity index (χ0v) is 25.2. The van der Waals surface area contributed by atoms with Gasteiger partial charge < -0.3 is 9.47 Å². The van der Waals surface area contributed by atoms with Gasteiger partial charge in [-0.25, -0.2) is 9.67 Å². The number of pyridine rings is 1. The van der Waals surface area contributed by atoms with Crippen molar-refractivity contribution in [2.75, 3.05) is 7.11 Å². The molecule has 0 spiro atoms. The lowest BCUT2D eigenvalue weighted by Gasteiger charge is -2.11. The van der Waals surface area contributed by atoms with E-state index in [1.54, 1.807) is 13.3 Å². The molecule has 0 N–H and O–H groups in total. The fourth-order valence-corrected chi connectivity index (χ4v) is 6.05.